The molecule has 0 saturated heterocycles. The SMILES string of the molecule is CC(C)c1ccc(NC(=O)CN2C(=O)c3ccccc3[C@@H]2c2c[nH]c3ccccc23)cc1. The van der Waals surface area contributed by atoms with Crippen LogP contribution in [0.2, 0.25) is 0 Å². The van der Waals surface area contributed by atoms with Gasteiger partial charge < -0.3 is 15.2 Å². The fraction of sp³-hybridized carbons (Fsp3) is 0.185. The standard InChI is InChI=1S/C27H25N3O2/c1-17(2)18-11-13-19(14-12-18)29-25(31)16-30-26(21-8-3-4-9-22(21)27(30)32)23-15-28-24-10-6-5-7-20(23)24/h3-15,17,26,28H,16H2,1-2H3,(H,29,31)/t26-/m1/s1. The number of amides is 2. The molecule has 0 bridgehead atoms. The zero-order valence-electron chi connectivity index (χ0n) is 18.1. The summed E-state index contributed by atoms with van der Waals surface area (Å²) in [6.45, 7) is 4.24. The van der Waals surface area contributed by atoms with Crippen molar-refractivity contribution in [3.05, 3.63) is 101 Å². The molecule has 5 heteroatoms. The lowest BCUT2D eigenvalue weighted by Crippen LogP contribution is -2.36. The average Bonchev–Trinajstić information content (AvgIpc) is 3.33. The van der Waals surface area contributed by atoms with Crippen molar-refractivity contribution in [2.24, 2.45) is 0 Å². The highest BCUT2D eigenvalue weighted by Gasteiger charge is 2.39. The Balaban J connectivity index is 1.45. The molecule has 1 atom stereocenters. The Morgan fingerprint density at radius 3 is 2.47 bits per heavy atom. The molecule has 0 radical (unpaired) electrons. The van der Waals surface area contributed by atoms with Crippen molar-refractivity contribution in [1.82, 2.24) is 9.88 Å². The Labute approximate surface area is 187 Å². The first kappa shape index (κ1) is 20.1. The Bertz CT molecular complexity index is 1300. The number of anilines is 1. The van der Waals surface area contributed by atoms with E-state index in [9.17, 15) is 9.59 Å². The largest absolute Gasteiger partial charge is 0.361 e. The van der Waals surface area contributed by atoms with E-state index in [1.54, 1.807) is 4.90 Å². The van der Waals surface area contributed by atoms with Gasteiger partial charge in [-0.15, -0.1) is 0 Å². The van der Waals surface area contributed by atoms with Gasteiger partial charge in [-0.25, -0.2) is 0 Å². The van der Waals surface area contributed by atoms with Gasteiger partial charge in [-0.3, -0.25) is 9.59 Å². The summed E-state index contributed by atoms with van der Waals surface area (Å²) in [5.41, 5.74) is 5.52. The number of carbonyl (C=O) groups is 2. The number of carbonyl (C=O) groups excluding carboxylic acids is 2. The molecule has 0 saturated carbocycles. The van der Waals surface area contributed by atoms with Gasteiger partial charge in [0.1, 0.15) is 6.54 Å². The number of hydrogen-bond donors (Lipinski definition) is 2. The molecule has 0 aliphatic carbocycles. The quantitative estimate of drug-likeness (QED) is 0.447. The zero-order valence-corrected chi connectivity index (χ0v) is 18.1. The number of fused-ring (bicyclic) bond motifs is 2. The van der Waals surface area contributed by atoms with E-state index in [1.165, 1.54) is 5.56 Å². The first-order valence-corrected chi connectivity index (χ1v) is 10.9. The van der Waals surface area contributed by atoms with E-state index < -0.39 is 0 Å². The van der Waals surface area contributed by atoms with Crippen molar-refractivity contribution < 1.29 is 9.59 Å². The second kappa shape index (κ2) is 8.00. The van der Waals surface area contributed by atoms with Crippen LogP contribution in [-0.4, -0.2) is 28.2 Å². The number of aromatic nitrogens is 1. The van der Waals surface area contributed by atoms with Crippen LogP contribution in [0, 0.1) is 0 Å². The molecule has 160 valence electrons. The van der Waals surface area contributed by atoms with Crippen LogP contribution in [0.5, 0.6) is 0 Å². The molecule has 2 N–H and O–H groups in total. The Hall–Kier alpha value is -3.86. The summed E-state index contributed by atoms with van der Waals surface area (Å²) in [5, 5.41) is 4.00. The molecule has 1 aliphatic heterocycles. The first-order valence-electron chi connectivity index (χ1n) is 10.9. The van der Waals surface area contributed by atoms with Crippen LogP contribution < -0.4 is 5.32 Å². The van der Waals surface area contributed by atoms with E-state index in [2.05, 4.69) is 24.1 Å². The molecular formula is C27H25N3O2. The van der Waals surface area contributed by atoms with E-state index in [0.717, 1.165) is 27.7 Å². The van der Waals surface area contributed by atoms with E-state index >= 15 is 0 Å². The molecule has 2 heterocycles. The number of nitrogens with one attached hydrogen (secondary N) is 2. The van der Waals surface area contributed by atoms with E-state index in [4.69, 9.17) is 0 Å². The average molecular weight is 424 g/mol. The monoisotopic (exact) mass is 423 g/mol. The third kappa shape index (κ3) is 3.46. The molecule has 4 aromatic rings. The van der Waals surface area contributed by atoms with Crippen molar-refractivity contribution in [3.63, 3.8) is 0 Å². The minimum Gasteiger partial charge on any atom is -0.361 e. The smallest absolute Gasteiger partial charge is 0.255 e. The highest BCUT2D eigenvalue weighted by molar-refractivity contribution is 6.04. The Morgan fingerprint density at radius 1 is 0.969 bits per heavy atom. The molecule has 0 unspecified atom stereocenters. The number of hydrogen-bond acceptors (Lipinski definition) is 2. The van der Waals surface area contributed by atoms with Crippen LogP contribution in [0.25, 0.3) is 10.9 Å². The highest BCUT2D eigenvalue weighted by atomic mass is 16.2. The normalized spacial score (nSPS) is 15.4. The second-order valence-corrected chi connectivity index (χ2v) is 8.54. The third-order valence-corrected chi connectivity index (χ3v) is 6.15. The van der Waals surface area contributed by atoms with Crippen LogP contribution in [-0.2, 0) is 4.79 Å². The second-order valence-electron chi connectivity index (χ2n) is 8.54. The van der Waals surface area contributed by atoms with E-state index in [0.29, 0.717) is 11.5 Å². The summed E-state index contributed by atoms with van der Waals surface area (Å²) in [4.78, 5) is 31.2. The Morgan fingerprint density at radius 2 is 1.69 bits per heavy atom. The van der Waals surface area contributed by atoms with Gasteiger partial charge in [-0.1, -0.05) is 62.4 Å². The van der Waals surface area contributed by atoms with Gasteiger partial charge in [-0.05, 0) is 41.3 Å². The lowest BCUT2D eigenvalue weighted by molar-refractivity contribution is -0.117. The minimum absolute atomic E-state index is 0.0242. The van der Waals surface area contributed by atoms with Gasteiger partial charge in [0.2, 0.25) is 5.91 Å². The zero-order chi connectivity index (χ0) is 22.2. The maximum absolute atomic E-state index is 13.3. The van der Waals surface area contributed by atoms with Crippen LogP contribution in [0.3, 0.4) is 0 Å². The van der Waals surface area contributed by atoms with E-state index in [1.807, 2.05) is 79.0 Å². The molecule has 0 fully saturated rings. The predicted octanol–water partition coefficient (Wildman–Crippen LogP) is 5.48. The fourth-order valence-electron chi connectivity index (χ4n) is 4.50. The summed E-state index contributed by atoms with van der Waals surface area (Å²) in [6, 6.07) is 23.2. The molecule has 1 aliphatic rings. The maximum Gasteiger partial charge on any atom is 0.255 e. The molecule has 3 aromatic carbocycles. The predicted molar refractivity (Wildman–Crippen MR) is 127 cm³/mol. The highest BCUT2D eigenvalue weighted by Crippen LogP contribution is 2.40. The maximum atomic E-state index is 13.3. The van der Waals surface area contributed by atoms with Crippen LogP contribution in [0.15, 0.2) is 79.0 Å². The van der Waals surface area contributed by atoms with Crippen LogP contribution in [0.1, 0.15) is 52.9 Å². The molecule has 0 spiro atoms. The molecule has 5 rings (SSSR count). The topological polar surface area (TPSA) is 65.2 Å². The molecule has 32 heavy (non-hydrogen) atoms. The number of para-hydroxylation sites is 1. The fourth-order valence-corrected chi connectivity index (χ4v) is 4.50. The van der Waals surface area contributed by atoms with E-state index in [-0.39, 0.29) is 24.4 Å². The molecule has 1 aromatic heterocycles. The van der Waals surface area contributed by atoms with Crippen LogP contribution >= 0.6 is 0 Å². The summed E-state index contributed by atoms with van der Waals surface area (Å²) in [6.07, 6.45) is 1.94. The Kier molecular flexibility index (Phi) is 5.02. The van der Waals surface area contributed by atoms with Gasteiger partial charge in [0.15, 0.2) is 0 Å². The summed E-state index contributed by atoms with van der Waals surface area (Å²) in [5.74, 6) is 0.0897. The number of aromatic amines is 1. The molecule has 2 amide bonds. The summed E-state index contributed by atoms with van der Waals surface area (Å²) in [7, 11) is 0. The van der Waals surface area contributed by atoms with Gasteiger partial charge in [0, 0.05) is 33.9 Å². The first-order chi connectivity index (χ1) is 15.5. The molecule has 5 nitrogen and oxygen atoms in total. The van der Waals surface area contributed by atoms with Crippen molar-refractivity contribution in [2.45, 2.75) is 25.8 Å². The summed E-state index contributed by atoms with van der Waals surface area (Å²) < 4.78 is 0. The van der Waals surface area contributed by atoms with Crippen molar-refractivity contribution >= 4 is 28.4 Å². The molecular weight excluding hydrogens is 398 g/mol. The number of rotatable bonds is 5. The van der Waals surface area contributed by atoms with Crippen molar-refractivity contribution in [3.8, 4) is 0 Å². The van der Waals surface area contributed by atoms with Gasteiger partial charge in [0.05, 0.1) is 6.04 Å². The van der Waals surface area contributed by atoms with Gasteiger partial charge in [-0.2, -0.15) is 0 Å². The van der Waals surface area contributed by atoms with Gasteiger partial charge >= 0.3 is 0 Å². The third-order valence-electron chi connectivity index (χ3n) is 6.15. The van der Waals surface area contributed by atoms with Crippen LogP contribution in [0.4, 0.5) is 5.69 Å². The summed E-state index contributed by atoms with van der Waals surface area (Å²) >= 11 is 0. The number of benzene rings is 3. The lowest BCUT2D eigenvalue weighted by Gasteiger charge is -2.25. The van der Waals surface area contributed by atoms with Gasteiger partial charge in [0.25, 0.3) is 5.91 Å². The minimum atomic E-state index is -0.316. The van der Waals surface area contributed by atoms with Crippen molar-refractivity contribution in [1.29, 1.82) is 0 Å². The van der Waals surface area contributed by atoms with Crippen molar-refractivity contribution in [2.75, 3.05) is 11.9 Å². The number of nitrogens with zero attached hydrogens (tertiary/aromatic N) is 1. The number of H-pyrrole nitrogens is 1. The lowest BCUT2D eigenvalue weighted by atomic mass is 9.97.